The molecule has 0 amide bonds. The van der Waals surface area contributed by atoms with Crippen LogP contribution >= 0.6 is 47.8 Å². The van der Waals surface area contributed by atoms with Gasteiger partial charge in [-0.3, -0.25) is 0 Å². The molecule has 0 aromatic carbocycles. The van der Waals surface area contributed by atoms with Gasteiger partial charge in [-0.2, -0.15) is 0 Å². The van der Waals surface area contributed by atoms with E-state index in [1.807, 2.05) is 0 Å². The third-order valence-electron chi connectivity index (χ3n) is 1.30. The first-order valence-electron chi connectivity index (χ1n) is 3.40. The molecule has 0 aliphatic heterocycles. The summed E-state index contributed by atoms with van der Waals surface area (Å²) in [6.45, 7) is 0. The highest BCUT2D eigenvalue weighted by atomic mass is 79.9. The molecule has 74 valence electrons. The number of halogens is 3. The van der Waals surface area contributed by atoms with Crippen molar-refractivity contribution in [2.24, 2.45) is 0 Å². The topological polar surface area (TPSA) is 60.7 Å². The minimum absolute atomic E-state index is 0.171. The van der Waals surface area contributed by atoms with Crippen LogP contribution in [0.1, 0.15) is 12.8 Å². The smallest absolute Gasteiger partial charge is 0.289 e. The molecule has 6 heteroatoms. The van der Waals surface area contributed by atoms with Gasteiger partial charge in [0.2, 0.25) is 0 Å². The van der Waals surface area contributed by atoms with E-state index in [2.05, 4.69) is 47.8 Å². The third kappa shape index (κ3) is 5.14. The van der Waals surface area contributed by atoms with Gasteiger partial charge in [-0.1, -0.05) is 47.8 Å². The predicted octanol–water partition coefficient (Wildman–Crippen LogP) is 1.32. The summed E-state index contributed by atoms with van der Waals surface area (Å²) in [6.07, 6.45) is 1.64. The van der Waals surface area contributed by atoms with Gasteiger partial charge < -0.3 is 15.3 Å². The van der Waals surface area contributed by atoms with Crippen molar-refractivity contribution in [2.75, 3.05) is 5.33 Å². The van der Waals surface area contributed by atoms with E-state index in [0.29, 0.717) is 0 Å². The Morgan fingerprint density at radius 1 is 1.17 bits per heavy atom. The maximum Gasteiger partial charge on any atom is 0.289 e. The van der Waals surface area contributed by atoms with Crippen molar-refractivity contribution in [3.8, 4) is 0 Å². The maximum absolute atomic E-state index is 8.78. The van der Waals surface area contributed by atoms with Gasteiger partial charge in [-0.05, 0) is 12.8 Å². The Kier molecular flexibility index (Phi) is 6.58. The van der Waals surface area contributed by atoms with Crippen molar-refractivity contribution in [1.29, 1.82) is 0 Å². The molecule has 0 spiro atoms. The van der Waals surface area contributed by atoms with E-state index in [1.165, 1.54) is 0 Å². The largest absolute Gasteiger partial charge is 0.343 e. The molecule has 0 rings (SSSR count). The van der Waals surface area contributed by atoms with E-state index in [1.54, 1.807) is 0 Å². The van der Waals surface area contributed by atoms with E-state index >= 15 is 0 Å². The van der Waals surface area contributed by atoms with Gasteiger partial charge in [0.15, 0.2) is 0 Å². The molecule has 0 aromatic rings. The zero-order valence-electron chi connectivity index (χ0n) is 6.25. The lowest BCUT2D eigenvalue weighted by molar-refractivity contribution is -0.308. The standard InChI is InChI=1S/C6H11Br3O3/c7-3-1-2-4(8)5(9)6(10,11)12/h4-5,10-12H,1-3H2. The van der Waals surface area contributed by atoms with E-state index in [4.69, 9.17) is 15.3 Å². The zero-order valence-corrected chi connectivity index (χ0v) is 11.0. The SMILES string of the molecule is OC(O)(O)C(Br)C(Br)CCCBr. The zero-order chi connectivity index (χ0) is 9.78. The van der Waals surface area contributed by atoms with Gasteiger partial charge in [-0.15, -0.1) is 0 Å². The first kappa shape index (κ1) is 13.3. The second kappa shape index (κ2) is 5.93. The number of aliphatic hydroxyl groups is 3. The van der Waals surface area contributed by atoms with E-state index < -0.39 is 10.8 Å². The highest BCUT2D eigenvalue weighted by Gasteiger charge is 2.34. The Labute approximate surface area is 96.5 Å². The molecular weight excluding hydrogens is 360 g/mol. The molecule has 0 fully saturated rings. The number of hydrogen-bond donors (Lipinski definition) is 3. The van der Waals surface area contributed by atoms with Crippen molar-refractivity contribution >= 4 is 47.8 Å². The van der Waals surface area contributed by atoms with Crippen LogP contribution in [0.2, 0.25) is 0 Å². The van der Waals surface area contributed by atoms with Gasteiger partial charge in [0.05, 0.1) is 0 Å². The molecule has 0 saturated carbocycles. The molecule has 12 heavy (non-hydrogen) atoms. The maximum atomic E-state index is 8.78. The highest BCUT2D eigenvalue weighted by molar-refractivity contribution is 9.12. The normalized spacial score (nSPS) is 17.5. The molecule has 2 atom stereocenters. The summed E-state index contributed by atoms with van der Waals surface area (Å²) in [5.74, 6) is -2.67. The molecule has 2 unspecified atom stereocenters. The highest BCUT2D eigenvalue weighted by Crippen LogP contribution is 2.25. The van der Waals surface area contributed by atoms with E-state index in [0.717, 1.165) is 18.2 Å². The molecule has 0 aliphatic rings. The van der Waals surface area contributed by atoms with E-state index in [-0.39, 0.29) is 4.83 Å². The monoisotopic (exact) mass is 368 g/mol. The second-order valence-electron chi connectivity index (χ2n) is 2.44. The van der Waals surface area contributed by atoms with Gasteiger partial charge in [0, 0.05) is 10.2 Å². The minimum Gasteiger partial charge on any atom is -0.343 e. The summed E-state index contributed by atoms with van der Waals surface area (Å²) in [6, 6.07) is 0. The molecule has 3 nitrogen and oxygen atoms in total. The second-order valence-corrected chi connectivity index (χ2v) is 5.39. The molecule has 0 radical (unpaired) electrons. The summed E-state index contributed by atoms with van der Waals surface area (Å²) in [7, 11) is 0. The van der Waals surface area contributed by atoms with Gasteiger partial charge in [0.1, 0.15) is 4.83 Å². The van der Waals surface area contributed by atoms with Crippen LogP contribution in [-0.4, -0.2) is 36.3 Å². The number of rotatable bonds is 5. The van der Waals surface area contributed by atoms with Crippen molar-refractivity contribution < 1.29 is 15.3 Å². The number of alkyl halides is 3. The molecule has 0 bridgehead atoms. The molecule has 0 saturated heterocycles. The van der Waals surface area contributed by atoms with Crippen LogP contribution in [0.15, 0.2) is 0 Å². The summed E-state index contributed by atoms with van der Waals surface area (Å²) in [5, 5.41) is 27.2. The Balaban J connectivity index is 3.84. The first-order chi connectivity index (χ1) is 5.39. The van der Waals surface area contributed by atoms with Crippen molar-refractivity contribution in [1.82, 2.24) is 0 Å². The number of hydrogen-bond acceptors (Lipinski definition) is 3. The summed E-state index contributed by atoms with van der Waals surface area (Å²) in [5.41, 5.74) is 0. The Morgan fingerprint density at radius 2 is 1.67 bits per heavy atom. The molecular formula is C6H11Br3O3. The molecule has 0 aromatic heterocycles. The average molecular weight is 371 g/mol. The van der Waals surface area contributed by atoms with Crippen molar-refractivity contribution in [3.63, 3.8) is 0 Å². The minimum atomic E-state index is -2.67. The average Bonchev–Trinajstić information content (AvgIpc) is 1.97. The van der Waals surface area contributed by atoms with Crippen LogP contribution in [-0.2, 0) is 0 Å². The van der Waals surface area contributed by atoms with Crippen LogP contribution in [0.5, 0.6) is 0 Å². The van der Waals surface area contributed by atoms with Crippen LogP contribution in [0, 0.1) is 0 Å². The first-order valence-corrected chi connectivity index (χ1v) is 6.36. The molecule has 3 N–H and O–H groups in total. The fraction of sp³-hybridized carbons (Fsp3) is 1.00. The fourth-order valence-electron chi connectivity index (χ4n) is 0.661. The van der Waals surface area contributed by atoms with Gasteiger partial charge >= 0.3 is 0 Å². The molecule has 0 heterocycles. The fourth-order valence-corrected chi connectivity index (χ4v) is 1.93. The Hall–Kier alpha value is 1.32. The lowest BCUT2D eigenvalue weighted by atomic mass is 10.2. The van der Waals surface area contributed by atoms with Gasteiger partial charge in [0.25, 0.3) is 5.97 Å². The predicted molar refractivity (Wildman–Crippen MR) is 57.8 cm³/mol. The summed E-state index contributed by atoms with van der Waals surface area (Å²) in [4.78, 5) is -0.959. The quantitative estimate of drug-likeness (QED) is 0.505. The van der Waals surface area contributed by atoms with Crippen LogP contribution < -0.4 is 0 Å². The summed E-state index contributed by atoms with van der Waals surface area (Å²) >= 11 is 9.47. The Morgan fingerprint density at radius 3 is 2.00 bits per heavy atom. The van der Waals surface area contributed by atoms with Crippen molar-refractivity contribution in [2.45, 2.75) is 28.5 Å². The van der Waals surface area contributed by atoms with Crippen LogP contribution in [0.3, 0.4) is 0 Å². The summed E-state index contributed by atoms with van der Waals surface area (Å²) < 4.78 is 0. The van der Waals surface area contributed by atoms with Crippen LogP contribution in [0.4, 0.5) is 0 Å². The lowest BCUT2D eigenvalue weighted by Crippen LogP contribution is -2.43. The van der Waals surface area contributed by atoms with E-state index in [9.17, 15) is 0 Å². The van der Waals surface area contributed by atoms with Gasteiger partial charge in [-0.25, -0.2) is 0 Å². The third-order valence-corrected chi connectivity index (χ3v) is 4.81. The molecule has 0 aliphatic carbocycles. The van der Waals surface area contributed by atoms with Crippen LogP contribution in [0.25, 0.3) is 0 Å². The lowest BCUT2D eigenvalue weighted by Gasteiger charge is -2.24. The Bertz CT molecular complexity index is 126. The van der Waals surface area contributed by atoms with Crippen molar-refractivity contribution in [3.05, 3.63) is 0 Å².